The van der Waals surface area contributed by atoms with Crippen LogP contribution in [0.2, 0.25) is 0 Å². The maximum Gasteiger partial charge on any atom is 0.340 e. The van der Waals surface area contributed by atoms with Crippen molar-refractivity contribution in [2.24, 2.45) is 11.8 Å². The Balaban J connectivity index is 1.56. The van der Waals surface area contributed by atoms with Crippen molar-refractivity contribution in [3.8, 4) is 0 Å². The van der Waals surface area contributed by atoms with Crippen LogP contribution in [0.1, 0.15) is 85.0 Å². The molecule has 2 amide bonds. The molecule has 2 saturated heterocycles. The maximum atomic E-state index is 13.1. The van der Waals surface area contributed by atoms with Gasteiger partial charge in [0.25, 0.3) is 5.91 Å². The Hall–Kier alpha value is -2.31. The molecule has 0 radical (unpaired) electrons. The van der Waals surface area contributed by atoms with Crippen LogP contribution in [0.4, 0.5) is 0 Å². The maximum absolute atomic E-state index is 13.1. The van der Waals surface area contributed by atoms with Crippen LogP contribution in [0.15, 0.2) is 0 Å². The van der Waals surface area contributed by atoms with Gasteiger partial charge in [-0.05, 0) is 70.8 Å². The largest absolute Gasteiger partial charge is 0.459 e. The summed E-state index contributed by atoms with van der Waals surface area (Å²) in [6.07, 6.45) is 4.24. The van der Waals surface area contributed by atoms with Crippen molar-refractivity contribution < 1.29 is 19.1 Å². The molecule has 2 aliphatic rings. The first kappa shape index (κ1) is 23.4. The molecule has 31 heavy (non-hydrogen) atoms. The number of amides is 2. The number of carbonyl (C=O) groups excluding carboxylic acids is 3. The number of aromatic amines is 1. The number of nitrogens with one attached hydrogen (secondary N) is 1. The van der Waals surface area contributed by atoms with E-state index in [0.29, 0.717) is 53.9 Å². The summed E-state index contributed by atoms with van der Waals surface area (Å²) in [5.74, 6) is 0.828. The van der Waals surface area contributed by atoms with Crippen LogP contribution >= 0.6 is 0 Å². The molecule has 0 aromatic carbocycles. The number of likely N-dealkylation sites (tertiary alicyclic amines) is 2. The standard InChI is InChI=1S/C24H37N3O4/c1-15(2)31-24(30)21-17(4)22(25-18(21)5)23(29)27-12-8-19(9-13-27)14-20(28)26-10-6-16(3)7-11-26/h15-16,19,25H,6-14H2,1-5H3. The molecular weight excluding hydrogens is 394 g/mol. The highest BCUT2D eigenvalue weighted by molar-refractivity contribution is 6.00. The predicted octanol–water partition coefficient (Wildman–Crippen LogP) is 3.70. The Morgan fingerprint density at radius 3 is 2.16 bits per heavy atom. The third-order valence-electron chi connectivity index (χ3n) is 6.70. The van der Waals surface area contributed by atoms with E-state index in [1.807, 2.05) is 23.6 Å². The lowest BCUT2D eigenvalue weighted by Crippen LogP contribution is -2.42. The number of aromatic nitrogens is 1. The van der Waals surface area contributed by atoms with E-state index in [-0.39, 0.29) is 17.9 Å². The van der Waals surface area contributed by atoms with Crippen molar-refractivity contribution in [1.82, 2.24) is 14.8 Å². The van der Waals surface area contributed by atoms with Crippen LogP contribution in [-0.4, -0.2) is 64.9 Å². The van der Waals surface area contributed by atoms with Gasteiger partial charge >= 0.3 is 5.97 Å². The van der Waals surface area contributed by atoms with Crippen molar-refractivity contribution >= 4 is 17.8 Å². The Kier molecular flexibility index (Phi) is 7.44. The Bertz CT molecular complexity index is 813. The lowest BCUT2D eigenvalue weighted by Gasteiger charge is -2.34. The highest BCUT2D eigenvalue weighted by Gasteiger charge is 2.30. The van der Waals surface area contributed by atoms with E-state index in [4.69, 9.17) is 4.74 Å². The third kappa shape index (κ3) is 5.49. The fraction of sp³-hybridized carbons (Fsp3) is 0.708. The number of H-pyrrole nitrogens is 1. The number of ether oxygens (including phenoxy) is 1. The van der Waals surface area contributed by atoms with Gasteiger partial charge < -0.3 is 19.5 Å². The molecule has 0 bridgehead atoms. The van der Waals surface area contributed by atoms with E-state index in [1.165, 1.54) is 0 Å². The minimum atomic E-state index is -0.398. The third-order valence-corrected chi connectivity index (χ3v) is 6.70. The molecule has 1 aromatic rings. The van der Waals surface area contributed by atoms with Crippen LogP contribution < -0.4 is 0 Å². The molecule has 0 unspecified atom stereocenters. The summed E-state index contributed by atoms with van der Waals surface area (Å²) in [4.78, 5) is 45.1. The number of carbonyl (C=O) groups is 3. The lowest BCUT2D eigenvalue weighted by molar-refractivity contribution is -0.133. The van der Waals surface area contributed by atoms with E-state index >= 15 is 0 Å². The van der Waals surface area contributed by atoms with Gasteiger partial charge in [0.15, 0.2) is 0 Å². The molecular formula is C24H37N3O4. The summed E-state index contributed by atoms with van der Waals surface area (Å²) in [5.41, 5.74) is 2.21. The molecule has 0 atom stereocenters. The average Bonchev–Trinajstić information content (AvgIpc) is 3.02. The number of hydrogen-bond donors (Lipinski definition) is 1. The van der Waals surface area contributed by atoms with Crippen molar-refractivity contribution in [3.05, 3.63) is 22.5 Å². The summed E-state index contributed by atoms with van der Waals surface area (Å²) in [7, 11) is 0. The highest BCUT2D eigenvalue weighted by Crippen LogP contribution is 2.26. The van der Waals surface area contributed by atoms with Crippen LogP contribution in [0, 0.1) is 25.7 Å². The SMILES string of the molecule is Cc1[nH]c(C(=O)N2CCC(CC(=O)N3CCC(C)CC3)CC2)c(C)c1C(=O)OC(C)C. The summed E-state index contributed by atoms with van der Waals surface area (Å²) < 4.78 is 5.32. The van der Waals surface area contributed by atoms with Crippen LogP contribution in [-0.2, 0) is 9.53 Å². The normalized spacial score (nSPS) is 18.5. The number of aryl methyl sites for hydroxylation is 1. The van der Waals surface area contributed by atoms with Crippen molar-refractivity contribution in [2.45, 2.75) is 72.8 Å². The van der Waals surface area contributed by atoms with Gasteiger partial charge in [-0.2, -0.15) is 0 Å². The molecule has 172 valence electrons. The summed E-state index contributed by atoms with van der Waals surface area (Å²) >= 11 is 0. The number of esters is 1. The Morgan fingerprint density at radius 2 is 1.58 bits per heavy atom. The number of hydrogen-bond acceptors (Lipinski definition) is 4. The predicted molar refractivity (Wildman–Crippen MR) is 119 cm³/mol. The molecule has 2 fully saturated rings. The molecule has 3 heterocycles. The first-order valence-corrected chi connectivity index (χ1v) is 11.6. The Labute approximate surface area is 185 Å². The monoisotopic (exact) mass is 431 g/mol. The van der Waals surface area contributed by atoms with Crippen LogP contribution in [0.25, 0.3) is 0 Å². The summed E-state index contributed by atoms with van der Waals surface area (Å²) in [5, 5.41) is 0. The van der Waals surface area contributed by atoms with Gasteiger partial charge in [-0.1, -0.05) is 6.92 Å². The smallest absolute Gasteiger partial charge is 0.340 e. The number of rotatable bonds is 5. The molecule has 0 saturated carbocycles. The van der Waals surface area contributed by atoms with Crippen molar-refractivity contribution in [1.29, 1.82) is 0 Å². The molecule has 1 N–H and O–H groups in total. The summed E-state index contributed by atoms with van der Waals surface area (Å²) in [6, 6.07) is 0. The zero-order chi connectivity index (χ0) is 22.7. The topological polar surface area (TPSA) is 82.7 Å². The van der Waals surface area contributed by atoms with Crippen molar-refractivity contribution in [3.63, 3.8) is 0 Å². The van der Waals surface area contributed by atoms with E-state index in [2.05, 4.69) is 11.9 Å². The van der Waals surface area contributed by atoms with Crippen molar-refractivity contribution in [2.75, 3.05) is 26.2 Å². The number of piperidine rings is 2. The molecule has 0 aliphatic carbocycles. The molecule has 1 aromatic heterocycles. The minimum Gasteiger partial charge on any atom is -0.459 e. The Morgan fingerprint density at radius 1 is 1.00 bits per heavy atom. The van der Waals surface area contributed by atoms with Gasteiger partial charge in [0.2, 0.25) is 5.91 Å². The highest BCUT2D eigenvalue weighted by atomic mass is 16.5. The zero-order valence-electron chi connectivity index (χ0n) is 19.6. The molecule has 0 spiro atoms. The van der Waals surface area contributed by atoms with Gasteiger partial charge in [0.05, 0.1) is 11.7 Å². The number of nitrogens with zero attached hydrogens (tertiary/aromatic N) is 2. The molecule has 3 rings (SSSR count). The second-order valence-electron chi connectivity index (χ2n) is 9.58. The fourth-order valence-electron chi connectivity index (χ4n) is 4.68. The quantitative estimate of drug-likeness (QED) is 0.721. The molecule has 7 nitrogen and oxygen atoms in total. The van der Waals surface area contributed by atoms with E-state index in [0.717, 1.165) is 38.8 Å². The fourth-order valence-corrected chi connectivity index (χ4v) is 4.68. The second kappa shape index (κ2) is 9.88. The average molecular weight is 432 g/mol. The van der Waals surface area contributed by atoms with Crippen LogP contribution in [0.3, 0.4) is 0 Å². The van der Waals surface area contributed by atoms with Gasteiger partial charge in [-0.15, -0.1) is 0 Å². The first-order valence-electron chi connectivity index (χ1n) is 11.6. The van der Waals surface area contributed by atoms with Crippen LogP contribution in [0.5, 0.6) is 0 Å². The zero-order valence-corrected chi connectivity index (χ0v) is 19.6. The van der Waals surface area contributed by atoms with Gasteiger partial charge in [0, 0.05) is 38.3 Å². The minimum absolute atomic E-state index is 0.0843. The van der Waals surface area contributed by atoms with Gasteiger partial charge in [-0.25, -0.2) is 4.79 Å². The van der Waals surface area contributed by atoms with Gasteiger partial charge in [0.1, 0.15) is 5.69 Å². The molecule has 2 aliphatic heterocycles. The first-order chi connectivity index (χ1) is 14.7. The van der Waals surface area contributed by atoms with E-state index in [9.17, 15) is 14.4 Å². The summed E-state index contributed by atoms with van der Waals surface area (Å²) in [6.45, 7) is 12.5. The second-order valence-corrected chi connectivity index (χ2v) is 9.58. The lowest BCUT2D eigenvalue weighted by atomic mass is 9.91. The molecule has 7 heteroatoms. The van der Waals surface area contributed by atoms with E-state index < -0.39 is 5.97 Å². The van der Waals surface area contributed by atoms with E-state index in [1.54, 1.807) is 13.8 Å². The van der Waals surface area contributed by atoms with Gasteiger partial charge in [-0.3, -0.25) is 9.59 Å².